The van der Waals surface area contributed by atoms with E-state index in [4.69, 9.17) is 21.8 Å². The maximum atomic E-state index is 9.89. The van der Waals surface area contributed by atoms with Crippen molar-refractivity contribution >= 4 is 28.4 Å². The summed E-state index contributed by atoms with van der Waals surface area (Å²) in [6, 6.07) is 10.3. The Morgan fingerprint density at radius 2 is 1.94 bits per heavy atom. The minimum atomic E-state index is -0.0415. The molecule has 2 aromatic carbocycles. The van der Waals surface area contributed by atoms with Crippen molar-refractivity contribution in [2.24, 2.45) is 0 Å². The van der Waals surface area contributed by atoms with Gasteiger partial charge in [-0.15, -0.1) is 0 Å². The summed E-state index contributed by atoms with van der Waals surface area (Å²) in [5.41, 5.74) is 7.50. The normalized spacial score (nSPS) is 10.9. The lowest BCUT2D eigenvalue weighted by Gasteiger charge is -2.02. The van der Waals surface area contributed by atoms with Gasteiger partial charge in [0.25, 0.3) is 0 Å². The molecular formula is C13H9ClN2O2. The van der Waals surface area contributed by atoms with Gasteiger partial charge in [-0.25, -0.2) is 4.98 Å². The van der Waals surface area contributed by atoms with E-state index in [9.17, 15) is 5.11 Å². The summed E-state index contributed by atoms with van der Waals surface area (Å²) in [5, 5.41) is 10.4. The average Bonchev–Trinajstić information content (AvgIpc) is 2.78. The molecular weight excluding hydrogens is 252 g/mol. The van der Waals surface area contributed by atoms with Crippen LogP contribution in [0.15, 0.2) is 40.8 Å². The van der Waals surface area contributed by atoms with Gasteiger partial charge in [-0.05, 0) is 24.3 Å². The fourth-order valence-corrected chi connectivity index (χ4v) is 1.97. The number of benzene rings is 2. The van der Waals surface area contributed by atoms with Crippen molar-refractivity contribution in [1.82, 2.24) is 4.98 Å². The molecule has 0 spiro atoms. The first kappa shape index (κ1) is 10.9. The van der Waals surface area contributed by atoms with Gasteiger partial charge in [0.15, 0.2) is 11.3 Å². The molecule has 3 rings (SSSR count). The van der Waals surface area contributed by atoms with E-state index >= 15 is 0 Å². The lowest BCUT2D eigenvalue weighted by molar-refractivity contribution is 0.476. The number of halogens is 1. The molecule has 1 heterocycles. The molecule has 0 saturated heterocycles. The van der Waals surface area contributed by atoms with Gasteiger partial charge >= 0.3 is 0 Å². The molecule has 0 amide bonds. The SMILES string of the molecule is Nc1cccc(-c2nc3cccc(Cl)c3o2)c1O. The van der Waals surface area contributed by atoms with Crippen molar-refractivity contribution in [3.8, 4) is 17.2 Å². The number of aromatic nitrogens is 1. The summed E-state index contributed by atoms with van der Waals surface area (Å²) < 4.78 is 5.56. The Bertz CT molecular complexity index is 737. The number of phenols is 1. The number of nitrogen functional groups attached to an aromatic ring is 1. The van der Waals surface area contributed by atoms with Gasteiger partial charge in [0.1, 0.15) is 5.52 Å². The molecule has 0 aliphatic rings. The van der Waals surface area contributed by atoms with Crippen molar-refractivity contribution in [2.45, 2.75) is 0 Å². The van der Waals surface area contributed by atoms with Crippen LogP contribution in [0.25, 0.3) is 22.6 Å². The molecule has 0 bridgehead atoms. The number of nitrogens with two attached hydrogens (primary N) is 1. The van der Waals surface area contributed by atoms with Gasteiger partial charge in [0.2, 0.25) is 5.89 Å². The maximum Gasteiger partial charge on any atom is 0.231 e. The van der Waals surface area contributed by atoms with E-state index in [0.717, 1.165) is 0 Å². The van der Waals surface area contributed by atoms with E-state index < -0.39 is 0 Å². The van der Waals surface area contributed by atoms with Gasteiger partial charge in [0.05, 0.1) is 16.3 Å². The molecule has 0 fully saturated rings. The fourth-order valence-electron chi connectivity index (χ4n) is 1.76. The van der Waals surface area contributed by atoms with Crippen molar-refractivity contribution in [2.75, 3.05) is 5.73 Å². The molecule has 0 radical (unpaired) electrons. The molecule has 0 unspecified atom stereocenters. The number of hydrogen-bond donors (Lipinski definition) is 2. The smallest absolute Gasteiger partial charge is 0.231 e. The van der Waals surface area contributed by atoms with E-state index in [1.165, 1.54) is 0 Å². The molecule has 90 valence electrons. The first-order chi connectivity index (χ1) is 8.66. The second-order valence-corrected chi connectivity index (χ2v) is 4.26. The van der Waals surface area contributed by atoms with Crippen LogP contribution in [0.4, 0.5) is 5.69 Å². The number of phenolic OH excluding ortho intramolecular Hbond substituents is 1. The van der Waals surface area contributed by atoms with Crippen molar-refractivity contribution in [3.63, 3.8) is 0 Å². The summed E-state index contributed by atoms with van der Waals surface area (Å²) >= 11 is 6.01. The van der Waals surface area contributed by atoms with E-state index in [2.05, 4.69) is 4.98 Å². The van der Waals surface area contributed by atoms with Gasteiger partial charge < -0.3 is 15.3 Å². The number of fused-ring (bicyclic) bond motifs is 1. The van der Waals surface area contributed by atoms with Gasteiger partial charge in [-0.3, -0.25) is 0 Å². The molecule has 3 N–H and O–H groups in total. The highest BCUT2D eigenvalue weighted by molar-refractivity contribution is 6.34. The van der Waals surface area contributed by atoms with Gasteiger partial charge in [-0.1, -0.05) is 23.7 Å². The topological polar surface area (TPSA) is 72.3 Å². The zero-order valence-corrected chi connectivity index (χ0v) is 9.98. The number of oxazole rings is 1. The lowest BCUT2D eigenvalue weighted by atomic mass is 10.2. The molecule has 3 aromatic rings. The van der Waals surface area contributed by atoms with Crippen molar-refractivity contribution in [3.05, 3.63) is 41.4 Å². The molecule has 18 heavy (non-hydrogen) atoms. The predicted octanol–water partition coefficient (Wildman–Crippen LogP) is 3.44. The third kappa shape index (κ3) is 1.58. The zero-order chi connectivity index (χ0) is 12.7. The van der Waals surface area contributed by atoms with Gasteiger partial charge in [0, 0.05) is 0 Å². The monoisotopic (exact) mass is 260 g/mol. The van der Waals surface area contributed by atoms with Crippen LogP contribution in [-0.2, 0) is 0 Å². The number of nitrogens with zero attached hydrogens (tertiary/aromatic N) is 1. The minimum Gasteiger partial charge on any atom is -0.505 e. The first-order valence-corrected chi connectivity index (χ1v) is 5.67. The quantitative estimate of drug-likeness (QED) is 0.519. The molecule has 0 atom stereocenters. The lowest BCUT2D eigenvalue weighted by Crippen LogP contribution is -1.87. The molecule has 4 nitrogen and oxygen atoms in total. The Hall–Kier alpha value is -2.20. The highest BCUT2D eigenvalue weighted by Gasteiger charge is 2.14. The Morgan fingerprint density at radius 1 is 1.17 bits per heavy atom. The van der Waals surface area contributed by atoms with Crippen LogP contribution < -0.4 is 5.73 Å². The molecule has 5 heteroatoms. The number of rotatable bonds is 1. The van der Waals surface area contributed by atoms with Crippen LogP contribution in [-0.4, -0.2) is 10.1 Å². The van der Waals surface area contributed by atoms with Crippen LogP contribution in [0.3, 0.4) is 0 Å². The Morgan fingerprint density at radius 3 is 2.72 bits per heavy atom. The third-order valence-electron chi connectivity index (χ3n) is 2.66. The second kappa shape index (κ2) is 3.92. The van der Waals surface area contributed by atoms with Crippen LogP contribution >= 0.6 is 11.6 Å². The van der Waals surface area contributed by atoms with E-state index in [1.54, 1.807) is 36.4 Å². The van der Waals surface area contributed by atoms with Crippen LogP contribution in [0.2, 0.25) is 5.02 Å². The summed E-state index contributed by atoms with van der Waals surface area (Å²) in [7, 11) is 0. The zero-order valence-electron chi connectivity index (χ0n) is 9.22. The summed E-state index contributed by atoms with van der Waals surface area (Å²) in [6.45, 7) is 0. The predicted molar refractivity (Wildman–Crippen MR) is 70.5 cm³/mol. The number of anilines is 1. The Kier molecular flexibility index (Phi) is 2.38. The van der Waals surface area contributed by atoms with Crippen LogP contribution in [0, 0.1) is 0 Å². The highest BCUT2D eigenvalue weighted by atomic mass is 35.5. The number of aromatic hydroxyl groups is 1. The van der Waals surface area contributed by atoms with E-state index in [0.29, 0.717) is 27.6 Å². The first-order valence-electron chi connectivity index (χ1n) is 5.29. The largest absolute Gasteiger partial charge is 0.505 e. The maximum absolute atomic E-state index is 9.89. The standard InChI is InChI=1S/C13H9ClN2O2/c14-8-4-2-6-10-12(8)18-13(16-10)7-3-1-5-9(15)11(7)17/h1-6,17H,15H2. The van der Waals surface area contributed by atoms with Gasteiger partial charge in [-0.2, -0.15) is 0 Å². The van der Waals surface area contributed by atoms with Crippen molar-refractivity contribution < 1.29 is 9.52 Å². The van der Waals surface area contributed by atoms with E-state index in [-0.39, 0.29) is 11.4 Å². The van der Waals surface area contributed by atoms with Crippen molar-refractivity contribution in [1.29, 1.82) is 0 Å². The Labute approximate surface area is 108 Å². The summed E-state index contributed by atoms with van der Waals surface area (Å²) in [5.74, 6) is 0.253. The van der Waals surface area contributed by atoms with Crippen LogP contribution in [0.5, 0.6) is 5.75 Å². The summed E-state index contributed by atoms with van der Waals surface area (Å²) in [6.07, 6.45) is 0. The minimum absolute atomic E-state index is 0.0415. The van der Waals surface area contributed by atoms with E-state index in [1.807, 2.05) is 0 Å². The van der Waals surface area contributed by atoms with Crippen LogP contribution in [0.1, 0.15) is 0 Å². The molecule has 0 aliphatic carbocycles. The fraction of sp³-hybridized carbons (Fsp3) is 0. The summed E-state index contributed by atoms with van der Waals surface area (Å²) in [4.78, 5) is 4.28. The molecule has 0 saturated carbocycles. The molecule has 0 aliphatic heterocycles. The average molecular weight is 261 g/mol. The number of hydrogen-bond acceptors (Lipinski definition) is 4. The Balaban J connectivity index is 2.26. The number of para-hydroxylation sites is 2. The third-order valence-corrected chi connectivity index (χ3v) is 2.96. The second-order valence-electron chi connectivity index (χ2n) is 3.85. The highest BCUT2D eigenvalue weighted by Crippen LogP contribution is 2.36. The molecule has 1 aromatic heterocycles.